The second-order valence-electron chi connectivity index (χ2n) is 8.53. The predicted octanol–water partition coefficient (Wildman–Crippen LogP) is 6.42. The van der Waals surface area contributed by atoms with E-state index in [1.807, 2.05) is 6.07 Å². The number of nitriles is 1. The minimum Gasteiger partial charge on any atom is -0.462 e. The molecule has 1 aromatic carbocycles. The molecule has 1 unspecified atom stereocenters. The van der Waals surface area contributed by atoms with Crippen molar-refractivity contribution in [1.82, 2.24) is 0 Å². The molecule has 3 aromatic rings. The van der Waals surface area contributed by atoms with E-state index in [2.05, 4.69) is 12.2 Å². The topological polar surface area (TPSA) is 135 Å². The Morgan fingerprint density at radius 2 is 2.16 bits per heavy atom. The first-order chi connectivity index (χ1) is 17.7. The number of carbonyl (C=O) groups is 2. The zero-order chi connectivity index (χ0) is 26.7. The molecule has 0 spiro atoms. The van der Waals surface area contributed by atoms with Crippen LogP contribution in [-0.2, 0) is 22.4 Å². The van der Waals surface area contributed by atoms with Gasteiger partial charge in [-0.1, -0.05) is 18.5 Å². The number of anilines is 1. The third kappa shape index (κ3) is 5.58. The summed E-state index contributed by atoms with van der Waals surface area (Å²) in [7, 11) is 0. The van der Waals surface area contributed by atoms with Gasteiger partial charge >= 0.3 is 5.97 Å². The molecule has 4 rings (SSSR count). The van der Waals surface area contributed by atoms with Crippen LogP contribution >= 0.6 is 22.9 Å². The highest BCUT2D eigenvalue weighted by atomic mass is 35.5. The van der Waals surface area contributed by atoms with Gasteiger partial charge in [-0.2, -0.15) is 5.26 Å². The molecule has 1 aliphatic rings. The summed E-state index contributed by atoms with van der Waals surface area (Å²) in [4.78, 5) is 37.3. The largest absolute Gasteiger partial charge is 0.462 e. The van der Waals surface area contributed by atoms with Crippen LogP contribution in [-0.4, -0.2) is 23.4 Å². The second-order valence-corrected chi connectivity index (χ2v) is 10.0. The molecule has 1 N–H and O–H groups in total. The summed E-state index contributed by atoms with van der Waals surface area (Å²) in [5.74, 6) is -0.230. The van der Waals surface area contributed by atoms with Gasteiger partial charge in [0.05, 0.1) is 17.1 Å². The number of halogens is 1. The van der Waals surface area contributed by atoms with Crippen LogP contribution in [0.1, 0.15) is 46.8 Å². The monoisotopic (exact) mass is 539 g/mol. The number of nitro benzene ring substituents is 1. The van der Waals surface area contributed by atoms with Crippen molar-refractivity contribution in [1.29, 1.82) is 5.26 Å². The minimum absolute atomic E-state index is 0.00392. The van der Waals surface area contributed by atoms with E-state index in [4.69, 9.17) is 20.8 Å². The van der Waals surface area contributed by atoms with Gasteiger partial charge in [0.25, 0.3) is 11.6 Å². The highest BCUT2D eigenvalue weighted by Crippen LogP contribution is 2.40. The molecule has 2 aromatic heterocycles. The van der Waals surface area contributed by atoms with Gasteiger partial charge in [-0.15, -0.1) is 11.3 Å². The number of esters is 1. The summed E-state index contributed by atoms with van der Waals surface area (Å²) in [6, 6.07) is 9.21. The lowest BCUT2D eigenvalue weighted by Crippen LogP contribution is -2.17. The van der Waals surface area contributed by atoms with Crippen LogP contribution < -0.4 is 5.32 Å². The molecule has 0 fully saturated rings. The lowest BCUT2D eigenvalue weighted by atomic mass is 9.88. The number of benzene rings is 1. The zero-order valence-corrected chi connectivity index (χ0v) is 21.6. The van der Waals surface area contributed by atoms with E-state index in [1.54, 1.807) is 19.1 Å². The SMILES string of the molecule is CCOC(=O)c1c(NC(=O)/C(C#N)=C/c2ccc(-c3ccc(Cl)c([N+](=O)[O-])c3)o2)sc2c1CCC(C)C2. The Kier molecular flexibility index (Phi) is 7.76. The number of hydrogen-bond acceptors (Lipinski definition) is 8. The third-order valence-corrected chi connectivity index (χ3v) is 7.41. The van der Waals surface area contributed by atoms with E-state index >= 15 is 0 Å². The molecule has 37 heavy (non-hydrogen) atoms. The van der Waals surface area contributed by atoms with Gasteiger partial charge in [0.1, 0.15) is 33.2 Å². The normalized spacial score (nSPS) is 15.0. The van der Waals surface area contributed by atoms with E-state index in [-0.39, 0.29) is 28.7 Å². The Labute approximate surface area is 221 Å². The first kappa shape index (κ1) is 26.1. The molecule has 190 valence electrons. The fourth-order valence-electron chi connectivity index (χ4n) is 4.11. The van der Waals surface area contributed by atoms with E-state index < -0.39 is 16.8 Å². The summed E-state index contributed by atoms with van der Waals surface area (Å²) >= 11 is 7.20. The fraction of sp³-hybridized carbons (Fsp3) is 0.269. The van der Waals surface area contributed by atoms with Crippen LogP contribution in [0, 0.1) is 27.4 Å². The van der Waals surface area contributed by atoms with Gasteiger partial charge in [-0.3, -0.25) is 14.9 Å². The molecule has 1 amide bonds. The quantitative estimate of drug-likeness (QED) is 0.120. The molecule has 0 saturated heterocycles. The summed E-state index contributed by atoms with van der Waals surface area (Å²) in [6.45, 7) is 4.06. The minimum atomic E-state index is -0.695. The Bertz CT molecular complexity index is 1470. The van der Waals surface area contributed by atoms with Crippen LogP contribution in [0.4, 0.5) is 10.7 Å². The molecule has 0 aliphatic heterocycles. The van der Waals surface area contributed by atoms with Crippen LogP contribution in [0.5, 0.6) is 0 Å². The number of furan rings is 1. The van der Waals surface area contributed by atoms with Crippen molar-refractivity contribution < 1.29 is 23.7 Å². The molecular weight excluding hydrogens is 518 g/mol. The maximum Gasteiger partial charge on any atom is 0.341 e. The Hall–Kier alpha value is -3.94. The average Bonchev–Trinajstić information content (AvgIpc) is 3.46. The van der Waals surface area contributed by atoms with Crippen molar-refractivity contribution in [3.63, 3.8) is 0 Å². The summed E-state index contributed by atoms with van der Waals surface area (Å²) in [6.07, 6.45) is 3.73. The Balaban J connectivity index is 1.60. The average molecular weight is 540 g/mol. The number of ether oxygens (including phenoxy) is 1. The fourth-order valence-corrected chi connectivity index (χ4v) is 5.69. The van der Waals surface area contributed by atoms with E-state index in [1.165, 1.54) is 35.6 Å². The van der Waals surface area contributed by atoms with Gasteiger partial charge in [-0.25, -0.2) is 4.79 Å². The standard InChI is InChI=1S/C26H22ClN3O6S/c1-3-35-26(32)23-18-7-4-14(2)10-22(18)37-25(23)29-24(31)16(13-28)11-17-6-9-21(36-17)15-5-8-19(27)20(12-15)30(33)34/h5-6,8-9,11-12,14H,3-4,7,10H2,1-2H3,(H,29,31)/b16-11+. The second kappa shape index (κ2) is 11.0. The number of fused-ring (bicyclic) bond motifs is 1. The summed E-state index contributed by atoms with van der Waals surface area (Å²) in [5.41, 5.74) is 1.15. The third-order valence-electron chi connectivity index (χ3n) is 5.92. The highest BCUT2D eigenvalue weighted by Gasteiger charge is 2.29. The number of hydrogen-bond donors (Lipinski definition) is 1. The number of nitro groups is 1. The number of rotatable bonds is 7. The van der Waals surface area contributed by atoms with E-state index in [0.29, 0.717) is 27.8 Å². The summed E-state index contributed by atoms with van der Waals surface area (Å²) < 4.78 is 10.9. The molecule has 1 atom stereocenters. The van der Waals surface area contributed by atoms with E-state index in [9.17, 15) is 25.0 Å². The molecular formula is C26H22ClN3O6S. The number of amides is 1. The molecule has 9 nitrogen and oxygen atoms in total. The summed E-state index contributed by atoms with van der Waals surface area (Å²) in [5, 5.41) is 23.9. The molecule has 0 saturated carbocycles. The molecule has 11 heteroatoms. The number of carbonyl (C=O) groups excluding carboxylic acids is 2. The van der Waals surface area contributed by atoms with Crippen molar-refractivity contribution >= 4 is 51.6 Å². The van der Waals surface area contributed by atoms with Crippen LogP contribution in [0.25, 0.3) is 17.4 Å². The smallest absolute Gasteiger partial charge is 0.341 e. The lowest BCUT2D eigenvalue weighted by Gasteiger charge is -2.18. The van der Waals surface area contributed by atoms with Crippen molar-refractivity contribution in [2.24, 2.45) is 5.92 Å². The van der Waals surface area contributed by atoms with Gasteiger partial charge in [0.15, 0.2) is 0 Å². The zero-order valence-electron chi connectivity index (χ0n) is 20.0. The lowest BCUT2D eigenvalue weighted by molar-refractivity contribution is -0.384. The number of nitrogens with zero attached hydrogens (tertiary/aromatic N) is 2. The highest BCUT2D eigenvalue weighted by molar-refractivity contribution is 7.17. The first-order valence-electron chi connectivity index (χ1n) is 11.5. The predicted molar refractivity (Wildman–Crippen MR) is 139 cm³/mol. The molecule has 0 radical (unpaired) electrons. The van der Waals surface area contributed by atoms with Gasteiger partial charge in [0.2, 0.25) is 0 Å². The number of nitrogens with one attached hydrogen (secondary N) is 1. The molecule has 1 aliphatic carbocycles. The maximum atomic E-state index is 13.0. The van der Waals surface area contributed by atoms with Crippen molar-refractivity contribution in [3.8, 4) is 17.4 Å². The van der Waals surface area contributed by atoms with Crippen molar-refractivity contribution in [2.45, 2.75) is 33.1 Å². The van der Waals surface area contributed by atoms with Crippen LogP contribution in [0.2, 0.25) is 5.02 Å². The Morgan fingerprint density at radius 1 is 1.38 bits per heavy atom. The van der Waals surface area contributed by atoms with Crippen LogP contribution in [0.15, 0.2) is 40.3 Å². The van der Waals surface area contributed by atoms with Crippen molar-refractivity contribution in [2.75, 3.05) is 11.9 Å². The maximum absolute atomic E-state index is 13.0. The van der Waals surface area contributed by atoms with Gasteiger partial charge in [-0.05, 0) is 61.9 Å². The van der Waals surface area contributed by atoms with Crippen LogP contribution in [0.3, 0.4) is 0 Å². The van der Waals surface area contributed by atoms with Gasteiger partial charge in [0, 0.05) is 22.6 Å². The Morgan fingerprint density at radius 3 is 2.86 bits per heavy atom. The molecule has 0 bridgehead atoms. The number of thiophene rings is 1. The van der Waals surface area contributed by atoms with Gasteiger partial charge < -0.3 is 14.5 Å². The van der Waals surface area contributed by atoms with Crippen molar-refractivity contribution in [3.05, 3.63) is 72.8 Å². The molecule has 2 heterocycles. The first-order valence-corrected chi connectivity index (χ1v) is 12.7. The van der Waals surface area contributed by atoms with E-state index in [0.717, 1.165) is 29.7 Å².